The van der Waals surface area contributed by atoms with Gasteiger partial charge in [-0.2, -0.15) is 0 Å². The van der Waals surface area contributed by atoms with Gasteiger partial charge < -0.3 is 24.3 Å². The molecule has 0 spiro atoms. The van der Waals surface area contributed by atoms with Crippen LogP contribution in [0.5, 0.6) is 11.5 Å². The van der Waals surface area contributed by atoms with E-state index >= 15 is 0 Å². The summed E-state index contributed by atoms with van der Waals surface area (Å²) in [7, 11) is 3.51. The van der Waals surface area contributed by atoms with Gasteiger partial charge in [0.25, 0.3) is 5.91 Å². The quantitative estimate of drug-likeness (QED) is 0.757. The van der Waals surface area contributed by atoms with E-state index < -0.39 is 0 Å². The second-order valence-electron chi connectivity index (χ2n) is 8.29. The Balaban J connectivity index is 1.40. The van der Waals surface area contributed by atoms with E-state index in [0.717, 1.165) is 37.8 Å². The van der Waals surface area contributed by atoms with Crippen LogP contribution in [0.2, 0.25) is 0 Å². The van der Waals surface area contributed by atoms with Crippen LogP contribution in [0.3, 0.4) is 0 Å². The lowest BCUT2D eigenvalue weighted by atomic mass is 10.0. The third-order valence-corrected chi connectivity index (χ3v) is 6.37. The number of ether oxygens (including phenoxy) is 2. The molecule has 2 aliphatic rings. The number of nitrogens with zero attached hydrogens (tertiary/aromatic N) is 3. The molecule has 2 heterocycles. The number of benzene rings is 1. The third kappa shape index (κ3) is 4.78. The van der Waals surface area contributed by atoms with E-state index in [1.54, 1.807) is 19.4 Å². The number of methoxy groups -OCH3 is 1. The Morgan fingerprint density at radius 1 is 1.20 bits per heavy atom. The highest BCUT2D eigenvalue weighted by atomic mass is 16.5. The molecule has 4 rings (SSSR count). The van der Waals surface area contributed by atoms with Gasteiger partial charge in [-0.3, -0.25) is 4.79 Å². The van der Waals surface area contributed by atoms with E-state index in [1.165, 1.54) is 25.7 Å². The molecule has 1 aliphatic heterocycles. The van der Waals surface area contributed by atoms with E-state index in [4.69, 9.17) is 9.47 Å². The molecule has 0 atom stereocenters. The highest BCUT2D eigenvalue weighted by molar-refractivity contribution is 5.97. The Hall–Kier alpha value is -2.54. The van der Waals surface area contributed by atoms with Gasteiger partial charge in [0.15, 0.2) is 0 Å². The molecular formula is C23H32N4O3. The third-order valence-electron chi connectivity index (χ3n) is 6.37. The topological polar surface area (TPSA) is 68.6 Å². The van der Waals surface area contributed by atoms with E-state index in [-0.39, 0.29) is 12.0 Å². The molecule has 0 unspecified atom stereocenters. The molecule has 0 radical (unpaired) electrons. The zero-order chi connectivity index (χ0) is 20.9. The van der Waals surface area contributed by atoms with E-state index in [0.29, 0.717) is 23.6 Å². The summed E-state index contributed by atoms with van der Waals surface area (Å²) in [6, 6.07) is 6.20. The van der Waals surface area contributed by atoms with Crippen molar-refractivity contribution in [3.8, 4) is 11.5 Å². The summed E-state index contributed by atoms with van der Waals surface area (Å²) in [4.78, 5) is 19.8. The number of carbonyl (C=O) groups is 1. The van der Waals surface area contributed by atoms with Crippen molar-refractivity contribution in [2.75, 3.05) is 20.2 Å². The number of aromatic nitrogens is 2. The van der Waals surface area contributed by atoms with Crippen LogP contribution in [-0.4, -0.2) is 52.7 Å². The summed E-state index contributed by atoms with van der Waals surface area (Å²) in [5.74, 6) is 1.87. The molecule has 7 nitrogen and oxygen atoms in total. The summed E-state index contributed by atoms with van der Waals surface area (Å²) < 4.78 is 13.5. The van der Waals surface area contributed by atoms with Crippen molar-refractivity contribution in [2.45, 2.75) is 57.2 Å². The predicted molar refractivity (Wildman–Crippen MR) is 115 cm³/mol. The molecule has 1 saturated carbocycles. The van der Waals surface area contributed by atoms with Gasteiger partial charge in [-0.25, -0.2) is 4.98 Å². The van der Waals surface area contributed by atoms with Gasteiger partial charge in [0.05, 0.1) is 19.2 Å². The smallest absolute Gasteiger partial charge is 0.255 e. The molecule has 0 bridgehead atoms. The lowest BCUT2D eigenvalue weighted by molar-refractivity contribution is 0.0749. The lowest BCUT2D eigenvalue weighted by Gasteiger charge is -2.36. The monoisotopic (exact) mass is 412 g/mol. The number of aryl methyl sites for hydroxylation is 1. The largest absolute Gasteiger partial charge is 0.497 e. The van der Waals surface area contributed by atoms with Crippen LogP contribution < -0.4 is 14.8 Å². The summed E-state index contributed by atoms with van der Waals surface area (Å²) in [6.07, 6.45) is 11.1. The molecule has 30 heavy (non-hydrogen) atoms. The summed E-state index contributed by atoms with van der Waals surface area (Å²) >= 11 is 0. The Bertz CT molecular complexity index is 852. The number of amides is 1. The molecule has 7 heteroatoms. The van der Waals surface area contributed by atoms with E-state index in [9.17, 15) is 4.79 Å². The van der Waals surface area contributed by atoms with Crippen LogP contribution >= 0.6 is 0 Å². The van der Waals surface area contributed by atoms with Gasteiger partial charge in [-0.1, -0.05) is 12.8 Å². The molecular weight excluding hydrogens is 380 g/mol. The van der Waals surface area contributed by atoms with Crippen molar-refractivity contribution in [3.05, 3.63) is 42.0 Å². The van der Waals surface area contributed by atoms with Crippen LogP contribution in [0.15, 0.2) is 30.6 Å². The first-order chi connectivity index (χ1) is 14.6. The van der Waals surface area contributed by atoms with Gasteiger partial charge in [-0.05, 0) is 43.9 Å². The minimum atomic E-state index is -0.185. The Morgan fingerprint density at radius 2 is 1.97 bits per heavy atom. The van der Waals surface area contributed by atoms with Crippen molar-refractivity contribution in [1.29, 1.82) is 0 Å². The lowest BCUT2D eigenvalue weighted by Crippen LogP contribution is -2.43. The number of nitrogens with one attached hydrogen (secondary N) is 1. The average molecular weight is 413 g/mol. The fraction of sp³-hybridized carbons (Fsp3) is 0.565. The Morgan fingerprint density at radius 3 is 2.63 bits per heavy atom. The van der Waals surface area contributed by atoms with Crippen molar-refractivity contribution in [1.82, 2.24) is 19.8 Å². The van der Waals surface area contributed by atoms with Crippen LogP contribution in [0.25, 0.3) is 0 Å². The summed E-state index contributed by atoms with van der Waals surface area (Å²) in [5.41, 5.74) is 0.502. The van der Waals surface area contributed by atoms with Crippen molar-refractivity contribution in [2.24, 2.45) is 7.05 Å². The highest BCUT2D eigenvalue weighted by Gasteiger charge is 2.28. The van der Waals surface area contributed by atoms with Gasteiger partial charge in [0.2, 0.25) is 0 Å². The van der Waals surface area contributed by atoms with Crippen LogP contribution in [0, 0.1) is 0 Å². The molecule has 162 valence electrons. The van der Waals surface area contributed by atoms with Gasteiger partial charge in [-0.15, -0.1) is 0 Å². The summed E-state index contributed by atoms with van der Waals surface area (Å²) in [5, 5.41) is 2.95. The van der Waals surface area contributed by atoms with Gasteiger partial charge in [0, 0.05) is 38.6 Å². The zero-order valence-corrected chi connectivity index (χ0v) is 18.0. The summed E-state index contributed by atoms with van der Waals surface area (Å²) in [6.45, 7) is 2.51. The van der Waals surface area contributed by atoms with Crippen LogP contribution in [0.4, 0.5) is 0 Å². The number of rotatable bonds is 7. The molecule has 1 aliphatic carbocycles. The number of imidazole rings is 1. The maximum atomic E-state index is 12.9. The van der Waals surface area contributed by atoms with Crippen molar-refractivity contribution < 1.29 is 14.3 Å². The molecule has 2 aromatic rings. The fourth-order valence-electron chi connectivity index (χ4n) is 4.55. The standard InChI is InChI=1S/C23H32N4O3/c1-26-14-11-24-22(26)16-25-23(28)20-15-19(29-2)7-8-21(20)30-18-9-12-27(13-10-18)17-5-3-4-6-17/h7-8,11,14-15,17-18H,3-6,9-10,12-13,16H2,1-2H3,(H,25,28). The first-order valence-corrected chi connectivity index (χ1v) is 11.0. The molecule has 1 aromatic carbocycles. The minimum absolute atomic E-state index is 0.136. The van der Waals surface area contributed by atoms with Crippen molar-refractivity contribution >= 4 is 5.91 Å². The number of hydrogen-bond acceptors (Lipinski definition) is 5. The highest BCUT2D eigenvalue weighted by Crippen LogP contribution is 2.30. The second-order valence-corrected chi connectivity index (χ2v) is 8.29. The normalized spacial score (nSPS) is 18.5. The number of carbonyl (C=O) groups excluding carboxylic acids is 1. The SMILES string of the molecule is COc1ccc(OC2CCN(C3CCCC3)CC2)c(C(=O)NCc2nccn2C)c1. The number of likely N-dealkylation sites (tertiary alicyclic amines) is 1. The molecule has 2 fully saturated rings. The maximum Gasteiger partial charge on any atom is 0.255 e. The molecule has 1 N–H and O–H groups in total. The Labute approximate surface area is 178 Å². The van der Waals surface area contributed by atoms with Crippen LogP contribution in [-0.2, 0) is 13.6 Å². The first kappa shape index (κ1) is 20.7. The molecule has 1 aromatic heterocycles. The maximum absolute atomic E-state index is 12.9. The van der Waals surface area contributed by atoms with E-state index in [1.807, 2.05) is 29.9 Å². The van der Waals surface area contributed by atoms with Crippen molar-refractivity contribution in [3.63, 3.8) is 0 Å². The minimum Gasteiger partial charge on any atom is -0.497 e. The molecule has 1 amide bonds. The predicted octanol–water partition coefficient (Wildman–Crippen LogP) is 3.14. The van der Waals surface area contributed by atoms with Gasteiger partial charge in [0.1, 0.15) is 23.4 Å². The average Bonchev–Trinajstić information content (AvgIpc) is 3.45. The van der Waals surface area contributed by atoms with Gasteiger partial charge >= 0.3 is 0 Å². The zero-order valence-electron chi connectivity index (χ0n) is 18.0. The fourth-order valence-corrected chi connectivity index (χ4v) is 4.55. The van der Waals surface area contributed by atoms with Crippen LogP contribution in [0.1, 0.15) is 54.7 Å². The van der Waals surface area contributed by atoms with E-state index in [2.05, 4.69) is 15.2 Å². The number of piperidine rings is 1. The molecule has 1 saturated heterocycles. The second kappa shape index (κ2) is 9.51. The Kier molecular flexibility index (Phi) is 6.57. The number of hydrogen-bond donors (Lipinski definition) is 1. The first-order valence-electron chi connectivity index (χ1n) is 11.0.